The molecule has 4 heteroatoms. The molecule has 1 aromatic rings. The molecule has 4 nitrogen and oxygen atoms in total. The molecule has 21 heavy (non-hydrogen) atoms. The standard InChI is InChI=1S/C17H24N2O2/c1-3-19(4-2)16(21)17(11-12-17)15(20)18-13-10-14-8-6-5-7-9-14/h5-9H,3-4,10-13H2,1-2H3,(H,18,20). The molecule has 1 aromatic carbocycles. The van der Waals surface area contributed by atoms with Crippen LogP contribution < -0.4 is 5.32 Å². The maximum atomic E-state index is 12.4. The number of rotatable bonds is 7. The third kappa shape index (κ3) is 3.43. The normalized spacial score (nSPS) is 15.3. The number of hydrogen-bond acceptors (Lipinski definition) is 2. The summed E-state index contributed by atoms with van der Waals surface area (Å²) in [5, 5.41) is 2.93. The van der Waals surface area contributed by atoms with Gasteiger partial charge < -0.3 is 10.2 Å². The van der Waals surface area contributed by atoms with Crippen molar-refractivity contribution in [1.29, 1.82) is 0 Å². The lowest BCUT2D eigenvalue weighted by Crippen LogP contribution is -2.45. The molecule has 0 bridgehead atoms. The maximum Gasteiger partial charge on any atom is 0.238 e. The molecule has 0 unspecified atom stereocenters. The summed E-state index contributed by atoms with van der Waals surface area (Å²) in [6.45, 7) is 5.80. The Morgan fingerprint density at radius 1 is 1.14 bits per heavy atom. The summed E-state index contributed by atoms with van der Waals surface area (Å²) in [4.78, 5) is 26.5. The van der Waals surface area contributed by atoms with Gasteiger partial charge in [0.05, 0.1) is 0 Å². The molecular formula is C17H24N2O2. The minimum absolute atomic E-state index is 0.00953. The highest BCUT2D eigenvalue weighted by atomic mass is 16.2. The van der Waals surface area contributed by atoms with E-state index in [1.54, 1.807) is 4.90 Å². The highest BCUT2D eigenvalue weighted by molar-refractivity contribution is 6.07. The highest BCUT2D eigenvalue weighted by Crippen LogP contribution is 2.47. The molecule has 0 heterocycles. The summed E-state index contributed by atoms with van der Waals surface area (Å²) in [7, 11) is 0. The van der Waals surface area contributed by atoms with Gasteiger partial charge in [0.2, 0.25) is 11.8 Å². The van der Waals surface area contributed by atoms with Crippen molar-refractivity contribution >= 4 is 11.8 Å². The van der Waals surface area contributed by atoms with Crippen LogP contribution in [0.1, 0.15) is 32.3 Å². The fraction of sp³-hybridized carbons (Fsp3) is 0.529. The molecule has 0 radical (unpaired) electrons. The molecule has 2 rings (SSSR count). The van der Waals surface area contributed by atoms with Crippen molar-refractivity contribution < 1.29 is 9.59 Å². The van der Waals surface area contributed by atoms with E-state index >= 15 is 0 Å². The van der Waals surface area contributed by atoms with Gasteiger partial charge in [-0.3, -0.25) is 9.59 Å². The molecule has 0 atom stereocenters. The Bertz CT molecular complexity index is 491. The summed E-state index contributed by atoms with van der Waals surface area (Å²) in [5.41, 5.74) is 0.417. The average Bonchev–Trinajstić information content (AvgIpc) is 3.31. The second-order valence-electron chi connectivity index (χ2n) is 5.55. The Morgan fingerprint density at radius 2 is 1.76 bits per heavy atom. The van der Waals surface area contributed by atoms with Gasteiger partial charge >= 0.3 is 0 Å². The van der Waals surface area contributed by atoms with Crippen molar-refractivity contribution in [3.05, 3.63) is 35.9 Å². The van der Waals surface area contributed by atoms with Crippen LogP contribution in [0.2, 0.25) is 0 Å². The molecule has 2 amide bonds. The predicted molar refractivity (Wildman–Crippen MR) is 82.8 cm³/mol. The molecule has 0 spiro atoms. The van der Waals surface area contributed by atoms with Crippen LogP contribution in [-0.2, 0) is 16.0 Å². The third-order valence-corrected chi connectivity index (χ3v) is 4.19. The van der Waals surface area contributed by atoms with E-state index in [-0.39, 0.29) is 11.8 Å². The summed E-state index contributed by atoms with van der Waals surface area (Å²) in [6, 6.07) is 10.0. The van der Waals surface area contributed by atoms with E-state index in [0.29, 0.717) is 32.5 Å². The van der Waals surface area contributed by atoms with Gasteiger partial charge in [0.15, 0.2) is 0 Å². The lowest BCUT2D eigenvalue weighted by Gasteiger charge is -2.24. The monoisotopic (exact) mass is 288 g/mol. The lowest BCUT2D eigenvalue weighted by molar-refractivity contribution is -0.143. The van der Waals surface area contributed by atoms with E-state index in [2.05, 4.69) is 5.32 Å². The first-order valence-electron chi connectivity index (χ1n) is 7.75. The highest BCUT2D eigenvalue weighted by Gasteiger charge is 2.57. The van der Waals surface area contributed by atoms with Crippen LogP contribution in [0.5, 0.6) is 0 Å². The van der Waals surface area contributed by atoms with Crippen molar-refractivity contribution in [3.8, 4) is 0 Å². The van der Waals surface area contributed by atoms with Crippen LogP contribution in [0.25, 0.3) is 0 Å². The van der Waals surface area contributed by atoms with E-state index in [9.17, 15) is 9.59 Å². The average molecular weight is 288 g/mol. The Kier molecular flexibility index (Phi) is 4.99. The number of carbonyl (C=O) groups is 2. The van der Waals surface area contributed by atoms with Crippen LogP contribution in [0.15, 0.2) is 30.3 Å². The fourth-order valence-corrected chi connectivity index (χ4v) is 2.61. The summed E-state index contributed by atoms with van der Waals surface area (Å²) < 4.78 is 0. The van der Waals surface area contributed by atoms with Gasteiger partial charge in [-0.15, -0.1) is 0 Å². The zero-order chi connectivity index (χ0) is 15.3. The van der Waals surface area contributed by atoms with Gasteiger partial charge in [0.25, 0.3) is 0 Å². The summed E-state index contributed by atoms with van der Waals surface area (Å²) in [5.74, 6) is -0.111. The predicted octanol–water partition coefficient (Wildman–Crippen LogP) is 1.99. The number of carbonyl (C=O) groups excluding carboxylic acids is 2. The largest absolute Gasteiger partial charge is 0.355 e. The van der Waals surface area contributed by atoms with Crippen LogP contribution in [0, 0.1) is 5.41 Å². The molecule has 1 saturated carbocycles. The molecule has 114 valence electrons. The molecule has 0 aromatic heterocycles. The molecule has 1 N–H and O–H groups in total. The topological polar surface area (TPSA) is 49.4 Å². The van der Waals surface area contributed by atoms with Crippen LogP contribution in [0.3, 0.4) is 0 Å². The molecule has 0 saturated heterocycles. The van der Waals surface area contributed by atoms with Gasteiger partial charge in [-0.1, -0.05) is 30.3 Å². The molecule has 1 aliphatic carbocycles. The Balaban J connectivity index is 1.87. The smallest absolute Gasteiger partial charge is 0.238 e. The second-order valence-corrected chi connectivity index (χ2v) is 5.55. The fourth-order valence-electron chi connectivity index (χ4n) is 2.61. The number of hydrogen-bond donors (Lipinski definition) is 1. The van der Waals surface area contributed by atoms with Crippen LogP contribution in [-0.4, -0.2) is 36.3 Å². The van der Waals surface area contributed by atoms with Crippen molar-refractivity contribution in [1.82, 2.24) is 10.2 Å². The lowest BCUT2D eigenvalue weighted by atomic mass is 10.0. The van der Waals surface area contributed by atoms with Gasteiger partial charge in [-0.05, 0) is 38.7 Å². The molecule has 1 fully saturated rings. The summed E-state index contributed by atoms with van der Waals surface area (Å²) in [6.07, 6.45) is 2.15. The first-order valence-corrected chi connectivity index (χ1v) is 7.75. The van der Waals surface area contributed by atoms with Gasteiger partial charge in [0.1, 0.15) is 5.41 Å². The summed E-state index contributed by atoms with van der Waals surface area (Å²) >= 11 is 0. The number of nitrogens with one attached hydrogen (secondary N) is 1. The minimum Gasteiger partial charge on any atom is -0.355 e. The van der Waals surface area contributed by atoms with Gasteiger partial charge in [-0.25, -0.2) is 0 Å². The first-order chi connectivity index (χ1) is 10.1. The first kappa shape index (κ1) is 15.5. The number of benzene rings is 1. The molecule has 0 aliphatic heterocycles. The second kappa shape index (κ2) is 6.74. The zero-order valence-electron chi connectivity index (χ0n) is 12.9. The van der Waals surface area contributed by atoms with E-state index in [4.69, 9.17) is 0 Å². The number of amides is 2. The Hall–Kier alpha value is -1.84. The Labute approximate surface area is 126 Å². The molecular weight excluding hydrogens is 264 g/mol. The zero-order valence-corrected chi connectivity index (χ0v) is 12.9. The quantitative estimate of drug-likeness (QED) is 0.780. The third-order valence-electron chi connectivity index (χ3n) is 4.19. The number of nitrogens with zero attached hydrogens (tertiary/aromatic N) is 1. The van der Waals surface area contributed by atoms with E-state index in [1.807, 2.05) is 44.2 Å². The van der Waals surface area contributed by atoms with Crippen LogP contribution in [0.4, 0.5) is 0 Å². The van der Waals surface area contributed by atoms with Crippen molar-refractivity contribution in [2.24, 2.45) is 5.41 Å². The van der Waals surface area contributed by atoms with Gasteiger partial charge in [-0.2, -0.15) is 0 Å². The maximum absolute atomic E-state index is 12.4. The SMILES string of the molecule is CCN(CC)C(=O)C1(C(=O)NCCc2ccccc2)CC1. The minimum atomic E-state index is -0.775. The van der Waals surface area contributed by atoms with Gasteiger partial charge in [0, 0.05) is 19.6 Å². The van der Waals surface area contributed by atoms with Crippen molar-refractivity contribution in [2.75, 3.05) is 19.6 Å². The molecule has 1 aliphatic rings. The van der Waals surface area contributed by atoms with Crippen LogP contribution >= 0.6 is 0 Å². The van der Waals surface area contributed by atoms with Crippen molar-refractivity contribution in [2.45, 2.75) is 33.1 Å². The van der Waals surface area contributed by atoms with E-state index in [0.717, 1.165) is 6.42 Å². The Morgan fingerprint density at radius 3 is 2.29 bits per heavy atom. The van der Waals surface area contributed by atoms with E-state index < -0.39 is 5.41 Å². The van der Waals surface area contributed by atoms with E-state index in [1.165, 1.54) is 5.56 Å². The van der Waals surface area contributed by atoms with Crippen molar-refractivity contribution in [3.63, 3.8) is 0 Å².